The average molecular weight is 244 g/mol. The van der Waals surface area contributed by atoms with Gasteiger partial charge in [0.15, 0.2) is 0 Å². The van der Waals surface area contributed by atoms with E-state index in [4.69, 9.17) is 4.74 Å². The van der Waals surface area contributed by atoms with Crippen LogP contribution in [0.2, 0.25) is 0 Å². The number of likely N-dealkylation sites (N-methyl/N-ethyl adjacent to an activating group) is 1. The van der Waals surface area contributed by atoms with Crippen LogP contribution in [-0.4, -0.2) is 32.7 Å². The minimum Gasteiger partial charge on any atom is -0.492 e. The molecule has 0 aromatic heterocycles. The molecule has 0 saturated heterocycles. The predicted molar refractivity (Wildman–Crippen MR) is 58.8 cm³/mol. The third kappa shape index (κ3) is 5.26. The highest BCUT2D eigenvalue weighted by molar-refractivity contribution is 5.77. The third-order valence-corrected chi connectivity index (χ3v) is 1.87. The number of halogens is 2. The third-order valence-electron chi connectivity index (χ3n) is 1.87. The fourth-order valence-electron chi connectivity index (χ4n) is 1.19. The van der Waals surface area contributed by atoms with Crippen molar-refractivity contribution < 1.29 is 18.3 Å². The van der Waals surface area contributed by atoms with E-state index in [1.54, 1.807) is 7.05 Å². The second kappa shape index (κ2) is 6.80. The summed E-state index contributed by atoms with van der Waals surface area (Å²) in [5, 5.41) is 5.26. The Kier molecular flexibility index (Phi) is 5.35. The molecule has 17 heavy (non-hydrogen) atoms. The molecule has 94 valence electrons. The predicted octanol–water partition coefficient (Wildman–Crippen LogP) is 0.679. The van der Waals surface area contributed by atoms with Gasteiger partial charge < -0.3 is 15.4 Å². The van der Waals surface area contributed by atoms with Gasteiger partial charge >= 0.3 is 0 Å². The molecule has 0 fully saturated rings. The van der Waals surface area contributed by atoms with Crippen LogP contribution >= 0.6 is 0 Å². The number of ether oxygens (including phenoxy) is 1. The molecule has 1 aromatic carbocycles. The van der Waals surface area contributed by atoms with Crippen LogP contribution < -0.4 is 15.4 Å². The summed E-state index contributed by atoms with van der Waals surface area (Å²) in [4.78, 5) is 11.0. The van der Waals surface area contributed by atoms with Crippen LogP contribution in [0.5, 0.6) is 5.75 Å². The molecule has 1 amide bonds. The van der Waals surface area contributed by atoms with Gasteiger partial charge in [-0.2, -0.15) is 0 Å². The van der Waals surface area contributed by atoms with Crippen LogP contribution in [0.25, 0.3) is 0 Å². The van der Waals surface area contributed by atoms with Crippen molar-refractivity contribution in [3.63, 3.8) is 0 Å². The molecule has 2 N–H and O–H groups in total. The number of carbonyl (C=O) groups is 1. The van der Waals surface area contributed by atoms with Crippen LogP contribution in [0.4, 0.5) is 8.78 Å². The molecule has 0 aliphatic heterocycles. The number of carbonyl (C=O) groups excluding carboxylic acids is 1. The van der Waals surface area contributed by atoms with Gasteiger partial charge in [-0.25, -0.2) is 8.78 Å². The minimum atomic E-state index is -0.695. The van der Waals surface area contributed by atoms with E-state index in [2.05, 4.69) is 10.6 Å². The first-order chi connectivity index (χ1) is 8.11. The van der Waals surface area contributed by atoms with E-state index in [1.807, 2.05) is 0 Å². The molecular weight excluding hydrogens is 230 g/mol. The average Bonchev–Trinajstić information content (AvgIpc) is 2.23. The first-order valence-electron chi connectivity index (χ1n) is 5.12. The van der Waals surface area contributed by atoms with Crippen LogP contribution in [0.1, 0.15) is 0 Å². The summed E-state index contributed by atoms with van der Waals surface area (Å²) in [7, 11) is 1.66. The Labute approximate surface area is 98.0 Å². The lowest BCUT2D eigenvalue weighted by atomic mass is 10.3. The van der Waals surface area contributed by atoms with Crippen LogP contribution in [-0.2, 0) is 4.79 Å². The molecule has 1 rings (SSSR count). The molecule has 0 atom stereocenters. The first-order valence-corrected chi connectivity index (χ1v) is 5.12. The number of rotatable bonds is 6. The Bertz CT molecular complexity index is 365. The molecule has 6 heteroatoms. The maximum absolute atomic E-state index is 12.8. The summed E-state index contributed by atoms with van der Waals surface area (Å²) in [5.74, 6) is -1.45. The summed E-state index contributed by atoms with van der Waals surface area (Å²) in [6.45, 7) is 0.644. The summed E-state index contributed by atoms with van der Waals surface area (Å²) in [6, 6.07) is 2.93. The molecule has 0 unspecified atom stereocenters. The maximum Gasteiger partial charge on any atom is 0.234 e. The Morgan fingerprint density at radius 2 is 1.94 bits per heavy atom. The molecule has 1 aromatic rings. The van der Waals surface area contributed by atoms with Gasteiger partial charge in [0.05, 0.1) is 13.1 Å². The molecule has 0 bridgehead atoms. The fraction of sp³-hybridized carbons (Fsp3) is 0.364. The second-order valence-electron chi connectivity index (χ2n) is 3.33. The zero-order chi connectivity index (χ0) is 12.7. The van der Waals surface area contributed by atoms with Gasteiger partial charge in [0.2, 0.25) is 5.91 Å². The lowest BCUT2D eigenvalue weighted by molar-refractivity contribution is -0.120. The van der Waals surface area contributed by atoms with Gasteiger partial charge in [0.25, 0.3) is 0 Å². The number of hydrogen-bond acceptors (Lipinski definition) is 3. The van der Waals surface area contributed by atoms with E-state index in [1.165, 1.54) is 0 Å². The monoisotopic (exact) mass is 244 g/mol. The fourth-order valence-corrected chi connectivity index (χ4v) is 1.19. The van der Waals surface area contributed by atoms with Gasteiger partial charge in [-0.15, -0.1) is 0 Å². The van der Waals surface area contributed by atoms with E-state index < -0.39 is 11.6 Å². The van der Waals surface area contributed by atoms with E-state index in [9.17, 15) is 13.6 Å². The quantitative estimate of drug-likeness (QED) is 0.723. The first kappa shape index (κ1) is 13.4. The SMILES string of the molecule is CNCC(=O)NCCOc1cc(F)cc(F)c1. The second-order valence-corrected chi connectivity index (χ2v) is 3.33. The summed E-state index contributed by atoms with van der Waals surface area (Å²) in [6.07, 6.45) is 0. The molecule has 0 spiro atoms. The smallest absolute Gasteiger partial charge is 0.234 e. The molecule has 0 aliphatic rings. The van der Waals surface area contributed by atoms with Crippen molar-refractivity contribution in [3.05, 3.63) is 29.8 Å². The number of amides is 1. The molecule has 0 radical (unpaired) electrons. The Hall–Kier alpha value is -1.69. The number of hydrogen-bond donors (Lipinski definition) is 2. The van der Waals surface area contributed by atoms with E-state index in [0.29, 0.717) is 0 Å². The van der Waals surface area contributed by atoms with Gasteiger partial charge in [-0.3, -0.25) is 4.79 Å². The molecule has 4 nitrogen and oxygen atoms in total. The number of nitrogens with one attached hydrogen (secondary N) is 2. The largest absolute Gasteiger partial charge is 0.492 e. The van der Waals surface area contributed by atoms with Gasteiger partial charge in [-0.1, -0.05) is 0 Å². The van der Waals surface area contributed by atoms with Crippen molar-refractivity contribution in [1.29, 1.82) is 0 Å². The topological polar surface area (TPSA) is 50.4 Å². The van der Waals surface area contributed by atoms with Gasteiger partial charge in [0.1, 0.15) is 24.0 Å². The molecular formula is C11H14F2N2O2. The Morgan fingerprint density at radius 3 is 2.53 bits per heavy atom. The lowest BCUT2D eigenvalue weighted by Crippen LogP contribution is -2.34. The lowest BCUT2D eigenvalue weighted by Gasteiger charge is -2.07. The van der Waals surface area contributed by atoms with Crippen molar-refractivity contribution in [2.75, 3.05) is 26.7 Å². The molecule has 0 heterocycles. The Balaban J connectivity index is 2.28. The summed E-state index contributed by atoms with van der Waals surface area (Å²) in [5.41, 5.74) is 0. The van der Waals surface area contributed by atoms with Gasteiger partial charge in [0, 0.05) is 18.2 Å². The molecule has 0 saturated carbocycles. The minimum absolute atomic E-state index is 0.102. The summed E-state index contributed by atoms with van der Waals surface area (Å²) >= 11 is 0. The molecule has 0 aliphatic carbocycles. The van der Waals surface area contributed by atoms with Crippen LogP contribution in [0.15, 0.2) is 18.2 Å². The van der Waals surface area contributed by atoms with Gasteiger partial charge in [-0.05, 0) is 7.05 Å². The maximum atomic E-state index is 12.8. The highest BCUT2D eigenvalue weighted by atomic mass is 19.1. The normalized spacial score (nSPS) is 10.1. The van der Waals surface area contributed by atoms with Crippen molar-refractivity contribution in [2.45, 2.75) is 0 Å². The van der Waals surface area contributed by atoms with Crippen LogP contribution in [0.3, 0.4) is 0 Å². The number of benzene rings is 1. The van der Waals surface area contributed by atoms with Crippen molar-refractivity contribution in [1.82, 2.24) is 10.6 Å². The van der Waals surface area contributed by atoms with Crippen molar-refractivity contribution >= 4 is 5.91 Å². The highest BCUT2D eigenvalue weighted by Crippen LogP contribution is 2.14. The standard InChI is InChI=1S/C11H14F2N2O2/c1-14-7-11(16)15-2-3-17-10-5-8(12)4-9(13)6-10/h4-6,14H,2-3,7H2,1H3,(H,15,16). The van der Waals surface area contributed by atoms with Crippen LogP contribution in [0, 0.1) is 11.6 Å². The van der Waals surface area contributed by atoms with E-state index in [0.717, 1.165) is 18.2 Å². The Morgan fingerprint density at radius 1 is 1.29 bits per heavy atom. The van der Waals surface area contributed by atoms with E-state index in [-0.39, 0.29) is 31.4 Å². The van der Waals surface area contributed by atoms with Crippen molar-refractivity contribution in [2.24, 2.45) is 0 Å². The zero-order valence-corrected chi connectivity index (χ0v) is 9.43. The van der Waals surface area contributed by atoms with E-state index >= 15 is 0 Å². The highest BCUT2D eigenvalue weighted by Gasteiger charge is 2.02. The van der Waals surface area contributed by atoms with Crippen molar-refractivity contribution in [3.8, 4) is 5.75 Å². The summed E-state index contributed by atoms with van der Waals surface area (Å²) < 4.78 is 30.6. The zero-order valence-electron chi connectivity index (χ0n) is 9.43.